The van der Waals surface area contributed by atoms with Crippen molar-refractivity contribution >= 4 is 12.1 Å². The van der Waals surface area contributed by atoms with Crippen LogP contribution < -0.4 is 10.6 Å². The van der Waals surface area contributed by atoms with Gasteiger partial charge in [-0.05, 0) is 73.8 Å². The van der Waals surface area contributed by atoms with Gasteiger partial charge < -0.3 is 20.6 Å². The van der Waals surface area contributed by atoms with Gasteiger partial charge >= 0.3 is 12.1 Å². The first-order chi connectivity index (χ1) is 15.1. The molecule has 6 nitrogen and oxygen atoms in total. The third-order valence-electron chi connectivity index (χ3n) is 7.88. The number of carboxylic acid groups (broad SMARTS) is 1. The lowest BCUT2D eigenvalue weighted by Crippen LogP contribution is -2.82. The molecule has 2 aromatic carbocycles. The number of hydrogen-bond donors (Lipinski definition) is 3. The minimum absolute atomic E-state index is 0.0931. The predicted octanol–water partition coefficient (Wildman–Crippen LogP) is 4.45. The Hall–Kier alpha value is -3.09. The lowest BCUT2D eigenvalue weighted by atomic mass is 9.34. The van der Waals surface area contributed by atoms with Crippen molar-refractivity contribution < 1.29 is 19.1 Å². The summed E-state index contributed by atoms with van der Waals surface area (Å²) in [5, 5.41) is 15.0. The highest BCUT2D eigenvalue weighted by Gasteiger charge is 2.74. The minimum Gasteiger partial charge on any atom is -0.465 e. The lowest BCUT2D eigenvalue weighted by Gasteiger charge is -2.75. The van der Waals surface area contributed by atoms with E-state index in [0.29, 0.717) is 6.54 Å². The summed E-state index contributed by atoms with van der Waals surface area (Å²) in [7, 11) is 0. The molecule has 3 aliphatic carbocycles. The third-order valence-corrected chi connectivity index (χ3v) is 7.88. The Kier molecular flexibility index (Phi) is 4.52. The van der Waals surface area contributed by atoms with Gasteiger partial charge in [-0.25, -0.2) is 14.0 Å². The van der Waals surface area contributed by atoms with E-state index in [1.54, 1.807) is 12.1 Å². The molecule has 0 radical (unpaired) electrons. The van der Waals surface area contributed by atoms with E-state index in [4.69, 9.17) is 5.11 Å². The van der Waals surface area contributed by atoms with Crippen LogP contribution in [0.5, 0.6) is 0 Å². The molecule has 7 heteroatoms. The van der Waals surface area contributed by atoms with E-state index in [-0.39, 0.29) is 28.8 Å². The normalized spacial score (nSPS) is 28.1. The molecular weight excluding hydrogens is 409 g/mol. The molecular formula is C25H28FN3O3. The molecule has 2 aromatic rings. The zero-order chi connectivity index (χ0) is 22.7. The van der Waals surface area contributed by atoms with E-state index in [1.165, 1.54) is 17.7 Å². The van der Waals surface area contributed by atoms with Crippen molar-refractivity contribution in [2.75, 3.05) is 6.54 Å². The van der Waals surface area contributed by atoms with E-state index in [9.17, 15) is 14.0 Å². The van der Waals surface area contributed by atoms with E-state index in [1.807, 2.05) is 36.9 Å². The standard InChI is InChI=1S/C25H28FN3O3/c1-23(2,24-13-25(14-24,15-24)28-22(31)32)27-21(30)29-12-11-16-5-3-4-6-19(16)20(29)17-7-9-18(26)10-8-17/h3-10,20,28H,11-15H2,1-2H3,(H,27,30)(H,31,32). The molecule has 3 N–H and O–H groups in total. The molecule has 1 heterocycles. The number of nitrogens with one attached hydrogen (secondary N) is 2. The number of urea groups is 1. The first-order valence-electron chi connectivity index (χ1n) is 11.1. The first kappa shape index (κ1) is 20.8. The third kappa shape index (κ3) is 3.14. The highest BCUT2D eigenvalue weighted by Crippen LogP contribution is 2.71. The summed E-state index contributed by atoms with van der Waals surface area (Å²) in [4.78, 5) is 26.5. The van der Waals surface area contributed by atoms with Crippen molar-refractivity contribution in [3.8, 4) is 0 Å². The highest BCUT2D eigenvalue weighted by molar-refractivity contribution is 5.77. The van der Waals surface area contributed by atoms with Gasteiger partial charge in [-0.2, -0.15) is 0 Å². The summed E-state index contributed by atoms with van der Waals surface area (Å²) < 4.78 is 13.6. The molecule has 1 aliphatic heterocycles. The Morgan fingerprint density at radius 3 is 2.41 bits per heavy atom. The van der Waals surface area contributed by atoms with Crippen LogP contribution in [0.2, 0.25) is 0 Å². The molecule has 0 aromatic heterocycles. The van der Waals surface area contributed by atoms with Crippen LogP contribution in [0.1, 0.15) is 55.8 Å². The number of halogens is 1. The lowest BCUT2D eigenvalue weighted by molar-refractivity contribution is -0.193. The Bertz CT molecular complexity index is 1060. The molecule has 4 aliphatic rings. The molecule has 2 bridgehead atoms. The SMILES string of the molecule is CC(C)(NC(=O)N1CCc2ccccc2C1c1ccc(F)cc1)C12CC(NC(=O)O)(C1)C2. The first-order valence-corrected chi connectivity index (χ1v) is 11.1. The van der Waals surface area contributed by atoms with Crippen molar-refractivity contribution in [1.29, 1.82) is 0 Å². The predicted molar refractivity (Wildman–Crippen MR) is 118 cm³/mol. The summed E-state index contributed by atoms with van der Waals surface area (Å²) in [5.74, 6) is -0.303. The summed E-state index contributed by atoms with van der Waals surface area (Å²) >= 11 is 0. The highest BCUT2D eigenvalue weighted by atomic mass is 19.1. The van der Waals surface area contributed by atoms with E-state index < -0.39 is 11.6 Å². The fourth-order valence-corrected chi connectivity index (χ4v) is 6.07. The second-order valence-corrected chi connectivity index (χ2v) is 10.2. The van der Waals surface area contributed by atoms with Crippen LogP contribution in [0.25, 0.3) is 0 Å². The molecule has 3 amide bonds. The Balaban J connectivity index is 1.38. The van der Waals surface area contributed by atoms with Gasteiger partial charge in [0, 0.05) is 17.6 Å². The number of carbonyl (C=O) groups excluding carboxylic acids is 1. The summed E-state index contributed by atoms with van der Waals surface area (Å²) in [6.07, 6.45) is 1.99. The number of nitrogens with zero attached hydrogens (tertiary/aromatic N) is 1. The smallest absolute Gasteiger partial charge is 0.405 e. The molecule has 3 saturated carbocycles. The second-order valence-electron chi connectivity index (χ2n) is 10.2. The molecule has 0 spiro atoms. The quantitative estimate of drug-likeness (QED) is 0.661. The van der Waals surface area contributed by atoms with E-state index in [2.05, 4.69) is 16.7 Å². The fraction of sp³-hybridized carbons (Fsp3) is 0.440. The summed E-state index contributed by atoms with van der Waals surface area (Å²) in [5.41, 5.74) is 2.25. The molecule has 1 atom stereocenters. The van der Waals surface area contributed by atoms with Crippen molar-refractivity contribution in [3.05, 3.63) is 71.0 Å². The van der Waals surface area contributed by atoms with Gasteiger partial charge in [-0.15, -0.1) is 0 Å². The number of fused-ring (bicyclic) bond motifs is 1. The van der Waals surface area contributed by atoms with E-state index in [0.717, 1.165) is 36.8 Å². The molecule has 3 fully saturated rings. The largest absolute Gasteiger partial charge is 0.465 e. The number of amides is 3. The number of carbonyl (C=O) groups is 2. The summed E-state index contributed by atoms with van der Waals surface area (Å²) in [6.45, 7) is 4.62. The Labute approximate surface area is 186 Å². The van der Waals surface area contributed by atoms with Gasteiger partial charge in [-0.1, -0.05) is 36.4 Å². The maximum atomic E-state index is 13.6. The van der Waals surface area contributed by atoms with Gasteiger partial charge in [0.15, 0.2) is 0 Å². The topological polar surface area (TPSA) is 81.7 Å². The van der Waals surface area contributed by atoms with Gasteiger partial charge in [-0.3, -0.25) is 0 Å². The second kappa shape index (κ2) is 6.95. The van der Waals surface area contributed by atoms with Crippen LogP contribution >= 0.6 is 0 Å². The van der Waals surface area contributed by atoms with Gasteiger partial charge in [0.2, 0.25) is 0 Å². The Morgan fingerprint density at radius 2 is 1.75 bits per heavy atom. The van der Waals surface area contributed by atoms with Crippen molar-refractivity contribution in [2.45, 2.75) is 56.7 Å². The Morgan fingerprint density at radius 1 is 1.09 bits per heavy atom. The summed E-state index contributed by atoms with van der Waals surface area (Å²) in [6, 6.07) is 14.0. The van der Waals surface area contributed by atoms with Gasteiger partial charge in [0.1, 0.15) is 5.82 Å². The molecule has 6 rings (SSSR count). The average Bonchev–Trinajstić information content (AvgIpc) is 2.68. The van der Waals surface area contributed by atoms with Crippen molar-refractivity contribution in [1.82, 2.24) is 15.5 Å². The number of rotatable bonds is 4. The van der Waals surface area contributed by atoms with Crippen LogP contribution in [0.3, 0.4) is 0 Å². The zero-order valence-corrected chi connectivity index (χ0v) is 18.3. The van der Waals surface area contributed by atoms with Crippen LogP contribution in [0, 0.1) is 11.2 Å². The van der Waals surface area contributed by atoms with Crippen LogP contribution in [-0.2, 0) is 6.42 Å². The average molecular weight is 438 g/mol. The van der Waals surface area contributed by atoms with Crippen LogP contribution in [-0.4, -0.2) is 39.8 Å². The molecule has 32 heavy (non-hydrogen) atoms. The number of hydrogen-bond acceptors (Lipinski definition) is 2. The molecule has 1 unspecified atom stereocenters. The van der Waals surface area contributed by atoms with Crippen LogP contribution in [0.15, 0.2) is 48.5 Å². The van der Waals surface area contributed by atoms with Crippen molar-refractivity contribution in [3.63, 3.8) is 0 Å². The minimum atomic E-state index is -0.991. The van der Waals surface area contributed by atoms with Crippen molar-refractivity contribution in [2.24, 2.45) is 5.41 Å². The van der Waals surface area contributed by atoms with Crippen LogP contribution in [0.4, 0.5) is 14.0 Å². The van der Waals surface area contributed by atoms with Gasteiger partial charge in [0.05, 0.1) is 6.04 Å². The maximum absolute atomic E-state index is 13.6. The monoisotopic (exact) mass is 437 g/mol. The van der Waals surface area contributed by atoms with Gasteiger partial charge in [0.25, 0.3) is 0 Å². The molecule has 0 saturated heterocycles. The number of benzene rings is 2. The molecule has 168 valence electrons. The maximum Gasteiger partial charge on any atom is 0.405 e. The van der Waals surface area contributed by atoms with E-state index >= 15 is 0 Å². The zero-order valence-electron chi connectivity index (χ0n) is 18.3. The fourth-order valence-electron chi connectivity index (χ4n) is 6.07.